The summed E-state index contributed by atoms with van der Waals surface area (Å²) in [5.74, 6) is 0.319. The van der Waals surface area contributed by atoms with E-state index in [-0.39, 0.29) is 10.5 Å². The first-order chi connectivity index (χ1) is 11.0. The van der Waals surface area contributed by atoms with E-state index in [2.05, 4.69) is 0 Å². The first-order valence-electron chi connectivity index (χ1n) is 6.97. The quantitative estimate of drug-likeness (QED) is 0.908. The highest BCUT2D eigenvalue weighted by Crippen LogP contribution is 2.28. The lowest BCUT2D eigenvalue weighted by Gasteiger charge is -2.25. The molecule has 1 fully saturated rings. The minimum atomic E-state index is -3.71. The van der Waals surface area contributed by atoms with Crippen molar-refractivity contribution in [3.8, 4) is 11.1 Å². The standard InChI is InChI=1S/C15H15NO5S2/c17-15(18)13-7-12(11-1-4-21-10-11)8-14(9-13)23(19,20)16-2-5-22-6-3-16/h1,4,7-10H,2-3,5-6H2,(H,17,18). The van der Waals surface area contributed by atoms with E-state index in [4.69, 9.17) is 4.42 Å². The number of hydrogen-bond donors (Lipinski definition) is 1. The summed E-state index contributed by atoms with van der Waals surface area (Å²) in [7, 11) is -3.71. The minimum absolute atomic E-state index is 0.000463. The molecule has 122 valence electrons. The van der Waals surface area contributed by atoms with Gasteiger partial charge in [0, 0.05) is 30.2 Å². The Labute approximate surface area is 138 Å². The van der Waals surface area contributed by atoms with Crippen LogP contribution in [0.5, 0.6) is 0 Å². The summed E-state index contributed by atoms with van der Waals surface area (Å²) in [6, 6.07) is 5.81. The van der Waals surface area contributed by atoms with Crippen LogP contribution >= 0.6 is 11.8 Å². The number of rotatable bonds is 4. The van der Waals surface area contributed by atoms with Crippen LogP contribution in [0.1, 0.15) is 10.4 Å². The lowest BCUT2D eigenvalue weighted by atomic mass is 10.1. The molecule has 2 heterocycles. The zero-order valence-electron chi connectivity index (χ0n) is 12.1. The fraction of sp³-hybridized carbons (Fsp3) is 0.267. The average molecular weight is 353 g/mol. The van der Waals surface area contributed by atoms with Gasteiger partial charge in [0.2, 0.25) is 10.0 Å². The second-order valence-corrected chi connectivity index (χ2v) is 8.24. The third kappa shape index (κ3) is 3.29. The van der Waals surface area contributed by atoms with Crippen LogP contribution in [0.25, 0.3) is 11.1 Å². The molecular formula is C15H15NO5S2. The summed E-state index contributed by atoms with van der Waals surface area (Å²) in [5, 5.41) is 9.27. The molecule has 0 bridgehead atoms. The Morgan fingerprint density at radius 1 is 1.17 bits per heavy atom. The maximum Gasteiger partial charge on any atom is 0.335 e. The molecule has 2 aromatic rings. The molecule has 8 heteroatoms. The molecule has 1 N–H and O–H groups in total. The third-order valence-electron chi connectivity index (χ3n) is 3.62. The van der Waals surface area contributed by atoms with Gasteiger partial charge in [0.1, 0.15) is 0 Å². The summed E-state index contributed by atoms with van der Waals surface area (Å²) in [4.78, 5) is 11.3. The molecule has 0 unspecified atom stereocenters. The number of thioether (sulfide) groups is 1. The number of hydrogen-bond acceptors (Lipinski definition) is 5. The molecule has 6 nitrogen and oxygen atoms in total. The van der Waals surface area contributed by atoms with Crippen molar-refractivity contribution in [2.45, 2.75) is 4.90 Å². The van der Waals surface area contributed by atoms with Gasteiger partial charge in [-0.25, -0.2) is 13.2 Å². The van der Waals surface area contributed by atoms with Gasteiger partial charge in [0.25, 0.3) is 0 Å². The molecule has 0 atom stereocenters. The van der Waals surface area contributed by atoms with Gasteiger partial charge < -0.3 is 9.52 Å². The van der Waals surface area contributed by atoms with Crippen LogP contribution in [0.2, 0.25) is 0 Å². The lowest BCUT2D eigenvalue weighted by molar-refractivity contribution is 0.0696. The van der Waals surface area contributed by atoms with Gasteiger partial charge in [0.05, 0.1) is 23.0 Å². The number of furan rings is 1. The molecular weight excluding hydrogens is 338 g/mol. The second kappa shape index (κ2) is 6.38. The van der Waals surface area contributed by atoms with Crippen molar-refractivity contribution in [2.24, 2.45) is 0 Å². The van der Waals surface area contributed by atoms with Crippen LogP contribution in [-0.4, -0.2) is 48.4 Å². The molecule has 1 aromatic heterocycles. The van der Waals surface area contributed by atoms with Crippen molar-refractivity contribution in [2.75, 3.05) is 24.6 Å². The first kappa shape index (κ1) is 16.1. The first-order valence-corrected chi connectivity index (χ1v) is 9.57. The van der Waals surface area contributed by atoms with E-state index in [9.17, 15) is 18.3 Å². The molecule has 0 radical (unpaired) electrons. The van der Waals surface area contributed by atoms with Crippen molar-refractivity contribution in [1.82, 2.24) is 4.31 Å². The average Bonchev–Trinajstić information content (AvgIpc) is 3.09. The van der Waals surface area contributed by atoms with Gasteiger partial charge in [-0.05, 0) is 29.8 Å². The zero-order valence-corrected chi connectivity index (χ0v) is 13.8. The SMILES string of the molecule is O=C(O)c1cc(-c2ccoc2)cc(S(=O)(=O)N2CCSCC2)c1. The molecule has 1 aliphatic rings. The molecule has 0 spiro atoms. The van der Waals surface area contributed by atoms with Gasteiger partial charge in [-0.2, -0.15) is 16.1 Å². The van der Waals surface area contributed by atoms with Crippen molar-refractivity contribution in [1.29, 1.82) is 0 Å². The van der Waals surface area contributed by atoms with E-state index in [0.717, 1.165) is 11.5 Å². The molecule has 0 saturated carbocycles. The maximum absolute atomic E-state index is 12.8. The number of nitrogens with zero attached hydrogens (tertiary/aromatic N) is 1. The molecule has 23 heavy (non-hydrogen) atoms. The van der Waals surface area contributed by atoms with Gasteiger partial charge in [0.15, 0.2) is 0 Å². The van der Waals surface area contributed by atoms with E-state index >= 15 is 0 Å². The lowest BCUT2D eigenvalue weighted by Crippen LogP contribution is -2.37. The highest BCUT2D eigenvalue weighted by molar-refractivity contribution is 7.99. The number of aromatic carboxylic acids is 1. The van der Waals surface area contributed by atoms with Gasteiger partial charge in [-0.1, -0.05) is 0 Å². The van der Waals surface area contributed by atoms with E-state index in [0.29, 0.717) is 24.2 Å². The predicted octanol–water partition coefficient (Wildman–Crippen LogP) is 2.38. The summed E-state index contributed by atoms with van der Waals surface area (Å²) >= 11 is 1.71. The number of sulfonamides is 1. The smallest absolute Gasteiger partial charge is 0.335 e. The highest BCUT2D eigenvalue weighted by atomic mass is 32.2. The van der Waals surface area contributed by atoms with Crippen molar-refractivity contribution < 1.29 is 22.7 Å². The zero-order chi connectivity index (χ0) is 16.4. The van der Waals surface area contributed by atoms with E-state index in [1.807, 2.05) is 0 Å². The molecule has 1 aliphatic heterocycles. The van der Waals surface area contributed by atoms with Gasteiger partial charge >= 0.3 is 5.97 Å². The van der Waals surface area contributed by atoms with Crippen molar-refractivity contribution in [3.63, 3.8) is 0 Å². The molecule has 0 amide bonds. The Kier molecular flexibility index (Phi) is 4.47. The summed E-state index contributed by atoms with van der Waals surface area (Å²) in [6.07, 6.45) is 2.91. The van der Waals surface area contributed by atoms with E-state index < -0.39 is 16.0 Å². The fourth-order valence-corrected chi connectivity index (χ4v) is 5.05. The van der Waals surface area contributed by atoms with E-state index in [1.54, 1.807) is 17.8 Å². The Hall–Kier alpha value is -1.77. The van der Waals surface area contributed by atoms with Crippen LogP contribution in [0, 0.1) is 0 Å². The minimum Gasteiger partial charge on any atom is -0.478 e. The summed E-state index contributed by atoms with van der Waals surface area (Å²) in [5.41, 5.74) is 1.08. The Bertz CT molecular complexity index is 808. The molecule has 1 saturated heterocycles. The molecule has 1 aromatic carbocycles. The monoisotopic (exact) mass is 353 g/mol. The number of benzene rings is 1. The van der Waals surface area contributed by atoms with Gasteiger partial charge in [-0.3, -0.25) is 0 Å². The second-order valence-electron chi connectivity index (χ2n) is 5.08. The van der Waals surface area contributed by atoms with Crippen LogP contribution in [0.4, 0.5) is 0 Å². The highest BCUT2D eigenvalue weighted by Gasteiger charge is 2.27. The van der Waals surface area contributed by atoms with E-state index in [1.165, 1.54) is 35.0 Å². The number of carboxylic acid groups (broad SMARTS) is 1. The number of carbonyl (C=O) groups is 1. The Morgan fingerprint density at radius 3 is 2.52 bits per heavy atom. The van der Waals surface area contributed by atoms with Crippen LogP contribution in [0.15, 0.2) is 46.1 Å². The Morgan fingerprint density at radius 2 is 1.91 bits per heavy atom. The molecule has 0 aliphatic carbocycles. The van der Waals surface area contributed by atoms with Crippen LogP contribution < -0.4 is 0 Å². The number of carboxylic acids is 1. The van der Waals surface area contributed by atoms with Crippen LogP contribution in [-0.2, 0) is 10.0 Å². The third-order valence-corrected chi connectivity index (χ3v) is 6.43. The largest absolute Gasteiger partial charge is 0.478 e. The van der Waals surface area contributed by atoms with Crippen LogP contribution in [0.3, 0.4) is 0 Å². The fourth-order valence-electron chi connectivity index (χ4n) is 2.40. The van der Waals surface area contributed by atoms with Gasteiger partial charge in [-0.15, -0.1) is 0 Å². The topological polar surface area (TPSA) is 87.8 Å². The van der Waals surface area contributed by atoms with Crippen molar-refractivity contribution >= 4 is 27.8 Å². The van der Waals surface area contributed by atoms with Crippen molar-refractivity contribution in [3.05, 3.63) is 42.4 Å². The maximum atomic E-state index is 12.8. The normalized spacial score (nSPS) is 16.3. The summed E-state index contributed by atoms with van der Waals surface area (Å²) < 4.78 is 32.0. The summed E-state index contributed by atoms with van der Waals surface area (Å²) in [6.45, 7) is 0.872. The Balaban J connectivity index is 2.09. The predicted molar refractivity (Wildman–Crippen MR) is 87.2 cm³/mol. The molecule has 3 rings (SSSR count).